The van der Waals surface area contributed by atoms with E-state index in [2.05, 4.69) is 10.3 Å². The molecule has 0 aliphatic carbocycles. The number of carbonyl (C=O) groups is 1. The fourth-order valence-corrected chi connectivity index (χ4v) is 2.67. The monoisotopic (exact) mass is 293 g/mol. The van der Waals surface area contributed by atoms with Gasteiger partial charge >= 0.3 is 6.09 Å². The predicted molar refractivity (Wildman–Crippen MR) is 82.0 cm³/mol. The molecule has 1 heterocycles. The van der Waals surface area contributed by atoms with Crippen molar-refractivity contribution in [1.29, 1.82) is 0 Å². The second-order valence-corrected chi connectivity index (χ2v) is 6.69. The van der Waals surface area contributed by atoms with E-state index in [1.807, 2.05) is 45.0 Å². The molecule has 0 saturated heterocycles. The minimum absolute atomic E-state index is 0.196. The van der Waals surface area contributed by atoms with Gasteiger partial charge in [0.1, 0.15) is 6.10 Å². The Hall–Kier alpha value is -1.82. The zero-order chi connectivity index (χ0) is 14.8. The van der Waals surface area contributed by atoms with Gasteiger partial charge in [0.25, 0.3) is 0 Å². The van der Waals surface area contributed by atoms with Crippen LogP contribution in [0.25, 0.3) is 10.2 Å². The average Bonchev–Trinajstić information content (AvgIpc) is 2.75. The molecule has 0 aliphatic rings. The van der Waals surface area contributed by atoms with E-state index in [-0.39, 0.29) is 11.5 Å². The van der Waals surface area contributed by atoms with Gasteiger partial charge in [0.05, 0.1) is 16.8 Å². The molecule has 1 aromatic heterocycles. The lowest BCUT2D eigenvalue weighted by Gasteiger charge is -2.29. The number of fused-ring (bicyclic) bond motifs is 1. The van der Waals surface area contributed by atoms with Crippen LogP contribution in [0.2, 0.25) is 0 Å². The molecule has 3 N–H and O–H groups in total. The number of benzene rings is 1. The molecular formula is C14H19N3O2S. The zero-order valence-corrected chi connectivity index (χ0v) is 12.7. The highest BCUT2D eigenvalue weighted by Gasteiger charge is 2.27. The van der Waals surface area contributed by atoms with Crippen LogP contribution < -0.4 is 11.1 Å². The summed E-state index contributed by atoms with van der Waals surface area (Å²) in [5.41, 5.74) is 5.88. The Kier molecular flexibility index (Phi) is 4.13. The van der Waals surface area contributed by atoms with Crippen LogP contribution in [0.1, 0.15) is 20.8 Å². The molecule has 2 aromatic rings. The van der Waals surface area contributed by atoms with Crippen LogP contribution in [0.4, 0.5) is 9.93 Å². The van der Waals surface area contributed by atoms with Crippen LogP contribution in [0, 0.1) is 5.41 Å². The normalized spacial score (nSPS) is 13.2. The Morgan fingerprint density at radius 3 is 2.75 bits per heavy atom. The number of para-hydroxylation sites is 1. The van der Waals surface area contributed by atoms with E-state index in [0.717, 1.165) is 15.3 Å². The second-order valence-electron chi connectivity index (χ2n) is 5.66. The summed E-state index contributed by atoms with van der Waals surface area (Å²) in [6.45, 7) is 6.48. The van der Waals surface area contributed by atoms with Gasteiger partial charge < -0.3 is 15.8 Å². The number of hydrogen-bond acceptors (Lipinski definition) is 5. The topological polar surface area (TPSA) is 77.2 Å². The summed E-state index contributed by atoms with van der Waals surface area (Å²) in [4.78, 5) is 15.4. The number of amides is 1. The molecule has 1 atom stereocenters. The number of rotatable bonds is 4. The lowest BCUT2D eigenvalue weighted by Crippen LogP contribution is -2.39. The number of thiazole rings is 1. The second kappa shape index (κ2) is 5.66. The Balaban J connectivity index is 2.06. The summed E-state index contributed by atoms with van der Waals surface area (Å²) in [6, 6.07) is 7.94. The van der Waals surface area contributed by atoms with Gasteiger partial charge in [-0.1, -0.05) is 44.2 Å². The molecule has 0 saturated carbocycles. The number of carbonyl (C=O) groups excluding carboxylic acids is 1. The third-order valence-corrected chi connectivity index (χ3v) is 3.95. The number of anilines is 1. The van der Waals surface area contributed by atoms with Crippen molar-refractivity contribution >= 4 is 32.8 Å². The van der Waals surface area contributed by atoms with Crippen molar-refractivity contribution in [2.45, 2.75) is 26.9 Å². The molecule has 1 amide bonds. The van der Waals surface area contributed by atoms with Crippen LogP contribution in [0.15, 0.2) is 24.3 Å². The van der Waals surface area contributed by atoms with Crippen molar-refractivity contribution in [2.24, 2.45) is 11.1 Å². The van der Waals surface area contributed by atoms with Gasteiger partial charge in [0.2, 0.25) is 0 Å². The summed E-state index contributed by atoms with van der Waals surface area (Å²) in [7, 11) is 0. The molecule has 0 radical (unpaired) electrons. The van der Waals surface area contributed by atoms with Gasteiger partial charge in [0, 0.05) is 5.41 Å². The summed E-state index contributed by atoms with van der Waals surface area (Å²) < 4.78 is 6.29. The summed E-state index contributed by atoms with van der Waals surface area (Å²) >= 11 is 1.57. The minimum atomic E-state index is -0.754. The Labute approximate surface area is 122 Å². The molecule has 1 aromatic carbocycles. The van der Waals surface area contributed by atoms with Crippen LogP contribution in [-0.2, 0) is 4.74 Å². The van der Waals surface area contributed by atoms with Crippen molar-refractivity contribution in [1.82, 2.24) is 4.98 Å². The lowest BCUT2D eigenvalue weighted by molar-refractivity contribution is 0.0458. The quantitative estimate of drug-likeness (QED) is 0.907. The minimum Gasteiger partial charge on any atom is -0.444 e. The maximum atomic E-state index is 11.0. The molecule has 6 heteroatoms. The average molecular weight is 293 g/mol. The number of primary amides is 1. The predicted octanol–water partition coefficient (Wildman–Crippen LogP) is 3.22. The molecule has 108 valence electrons. The van der Waals surface area contributed by atoms with Gasteiger partial charge in [-0.15, -0.1) is 0 Å². The summed E-state index contributed by atoms with van der Waals surface area (Å²) in [6.07, 6.45) is -1.07. The Morgan fingerprint density at radius 2 is 2.15 bits per heavy atom. The van der Waals surface area contributed by atoms with Gasteiger partial charge in [-0.3, -0.25) is 0 Å². The van der Waals surface area contributed by atoms with Crippen LogP contribution in [0.3, 0.4) is 0 Å². The van der Waals surface area contributed by atoms with E-state index in [1.165, 1.54) is 0 Å². The highest BCUT2D eigenvalue weighted by molar-refractivity contribution is 7.22. The Morgan fingerprint density at radius 1 is 1.45 bits per heavy atom. The lowest BCUT2D eigenvalue weighted by atomic mass is 9.89. The van der Waals surface area contributed by atoms with Crippen molar-refractivity contribution in [3.05, 3.63) is 24.3 Å². The fraction of sp³-hybridized carbons (Fsp3) is 0.429. The van der Waals surface area contributed by atoms with Gasteiger partial charge in [-0.25, -0.2) is 9.78 Å². The molecule has 0 aliphatic heterocycles. The standard InChI is InChI=1S/C14H19N3O2S/c1-14(2,3)11(19-12(15)18)8-16-13-17-9-6-4-5-7-10(9)20-13/h4-7,11H,8H2,1-3H3,(H2,15,18)(H,16,17). The molecule has 0 spiro atoms. The van der Waals surface area contributed by atoms with Crippen LogP contribution >= 0.6 is 11.3 Å². The third-order valence-electron chi connectivity index (χ3n) is 2.96. The fourth-order valence-electron chi connectivity index (χ4n) is 1.79. The largest absolute Gasteiger partial charge is 0.444 e. The number of nitrogens with zero attached hydrogens (tertiary/aromatic N) is 1. The van der Waals surface area contributed by atoms with Gasteiger partial charge in [-0.2, -0.15) is 0 Å². The van der Waals surface area contributed by atoms with Gasteiger partial charge in [-0.05, 0) is 12.1 Å². The molecule has 0 fully saturated rings. The number of ether oxygens (including phenoxy) is 1. The van der Waals surface area contributed by atoms with E-state index >= 15 is 0 Å². The maximum Gasteiger partial charge on any atom is 0.404 e. The smallest absolute Gasteiger partial charge is 0.404 e. The molecular weight excluding hydrogens is 274 g/mol. The number of nitrogens with one attached hydrogen (secondary N) is 1. The van der Waals surface area contributed by atoms with E-state index in [1.54, 1.807) is 11.3 Å². The van der Waals surface area contributed by atoms with Crippen LogP contribution in [0.5, 0.6) is 0 Å². The van der Waals surface area contributed by atoms with Gasteiger partial charge in [0.15, 0.2) is 5.13 Å². The first-order valence-corrected chi connectivity index (χ1v) is 7.23. The van der Waals surface area contributed by atoms with Crippen molar-refractivity contribution in [3.8, 4) is 0 Å². The molecule has 5 nitrogen and oxygen atoms in total. The highest BCUT2D eigenvalue weighted by atomic mass is 32.1. The van der Waals surface area contributed by atoms with Crippen LogP contribution in [-0.4, -0.2) is 23.7 Å². The molecule has 20 heavy (non-hydrogen) atoms. The molecule has 0 bridgehead atoms. The first-order chi connectivity index (χ1) is 9.36. The SMILES string of the molecule is CC(C)(C)C(CNc1nc2ccccc2s1)OC(N)=O. The summed E-state index contributed by atoms with van der Waals surface area (Å²) in [5.74, 6) is 0. The Bertz CT molecular complexity index is 571. The number of hydrogen-bond donors (Lipinski definition) is 2. The number of nitrogens with two attached hydrogens (primary N) is 1. The van der Waals surface area contributed by atoms with Crippen molar-refractivity contribution in [3.63, 3.8) is 0 Å². The van der Waals surface area contributed by atoms with E-state index in [0.29, 0.717) is 6.54 Å². The first kappa shape index (κ1) is 14.6. The highest BCUT2D eigenvalue weighted by Crippen LogP contribution is 2.27. The molecule has 1 unspecified atom stereocenters. The van der Waals surface area contributed by atoms with Crippen molar-refractivity contribution < 1.29 is 9.53 Å². The maximum absolute atomic E-state index is 11.0. The van der Waals surface area contributed by atoms with E-state index in [4.69, 9.17) is 10.5 Å². The summed E-state index contributed by atoms with van der Waals surface area (Å²) in [5, 5.41) is 4.03. The zero-order valence-electron chi connectivity index (χ0n) is 11.8. The first-order valence-electron chi connectivity index (χ1n) is 6.42. The van der Waals surface area contributed by atoms with Crippen molar-refractivity contribution in [2.75, 3.05) is 11.9 Å². The van der Waals surface area contributed by atoms with E-state index in [9.17, 15) is 4.79 Å². The molecule has 2 rings (SSSR count). The van der Waals surface area contributed by atoms with E-state index < -0.39 is 6.09 Å². The third kappa shape index (κ3) is 3.60. The number of aromatic nitrogens is 1.